The number of aryl methyl sites for hydroxylation is 1. The van der Waals surface area contributed by atoms with Crippen molar-refractivity contribution in [3.05, 3.63) is 52.8 Å². The molecule has 3 aromatic rings. The van der Waals surface area contributed by atoms with Crippen LogP contribution in [0.2, 0.25) is 0 Å². The van der Waals surface area contributed by atoms with Crippen molar-refractivity contribution in [3.8, 4) is 11.6 Å². The number of halogens is 1. The van der Waals surface area contributed by atoms with E-state index in [0.717, 1.165) is 5.69 Å². The normalized spacial score (nSPS) is 15.3. The number of benzene rings is 1. The van der Waals surface area contributed by atoms with Crippen LogP contribution in [0.4, 0.5) is 5.82 Å². The molecule has 0 bridgehead atoms. The Morgan fingerprint density at radius 1 is 1.03 bits per heavy atom. The van der Waals surface area contributed by atoms with Gasteiger partial charge in [-0.05, 0) is 50.2 Å². The van der Waals surface area contributed by atoms with Gasteiger partial charge in [-0.2, -0.15) is 9.40 Å². The van der Waals surface area contributed by atoms with Crippen molar-refractivity contribution in [2.75, 3.05) is 37.7 Å². The zero-order valence-electron chi connectivity index (χ0n) is 17.3. The number of sulfonamides is 1. The van der Waals surface area contributed by atoms with Crippen LogP contribution in [0.3, 0.4) is 0 Å². The summed E-state index contributed by atoms with van der Waals surface area (Å²) in [6.07, 6.45) is 1.83. The molecule has 0 N–H and O–H groups in total. The van der Waals surface area contributed by atoms with Crippen LogP contribution in [0.1, 0.15) is 12.6 Å². The second kappa shape index (κ2) is 8.93. The summed E-state index contributed by atoms with van der Waals surface area (Å²) >= 11 is 3.36. The van der Waals surface area contributed by atoms with Crippen LogP contribution in [0.25, 0.3) is 5.82 Å². The quantitative estimate of drug-likeness (QED) is 0.507. The molecule has 11 heteroatoms. The molecule has 0 spiro atoms. The third-order valence-corrected chi connectivity index (χ3v) is 7.39. The number of hydrogen-bond acceptors (Lipinski definition) is 7. The summed E-state index contributed by atoms with van der Waals surface area (Å²) < 4.78 is 35.9. The maximum absolute atomic E-state index is 13.3. The van der Waals surface area contributed by atoms with Crippen LogP contribution >= 0.6 is 15.9 Å². The lowest BCUT2D eigenvalue weighted by Gasteiger charge is -2.34. The molecule has 9 nitrogen and oxygen atoms in total. The third-order valence-electron chi connectivity index (χ3n) is 4.98. The van der Waals surface area contributed by atoms with Gasteiger partial charge in [0.05, 0.1) is 12.3 Å². The molecular weight excluding hydrogens is 484 g/mol. The average molecular weight is 507 g/mol. The standard InChI is InChI=1S/C20H23BrN6O3S/c1-3-30-17-5-4-16(21)14-18(17)31(28,29)26-12-10-25(11-13-26)19-6-7-20(23-22-19)27-9-8-15(2)24-27/h4-9,14H,3,10-13H2,1-2H3. The van der Waals surface area contributed by atoms with Crippen LogP contribution < -0.4 is 9.64 Å². The number of nitrogens with zero attached hydrogens (tertiary/aromatic N) is 6. The number of anilines is 1. The van der Waals surface area contributed by atoms with Crippen LogP contribution in [-0.4, -0.2) is 65.5 Å². The number of aromatic nitrogens is 4. The highest BCUT2D eigenvalue weighted by Gasteiger charge is 2.31. The van der Waals surface area contributed by atoms with Gasteiger partial charge in [0.25, 0.3) is 0 Å². The number of piperazine rings is 1. The molecule has 1 aliphatic rings. The van der Waals surface area contributed by atoms with E-state index in [1.165, 1.54) is 4.31 Å². The highest BCUT2D eigenvalue weighted by atomic mass is 79.9. The molecule has 0 amide bonds. The maximum atomic E-state index is 13.3. The van der Waals surface area contributed by atoms with Crippen molar-refractivity contribution in [1.29, 1.82) is 0 Å². The first-order valence-corrected chi connectivity index (χ1v) is 12.2. The molecular formula is C20H23BrN6O3S. The van der Waals surface area contributed by atoms with Crippen molar-refractivity contribution >= 4 is 31.8 Å². The Morgan fingerprint density at radius 2 is 1.74 bits per heavy atom. The zero-order valence-corrected chi connectivity index (χ0v) is 19.7. The molecule has 2 aromatic heterocycles. The fraction of sp³-hybridized carbons (Fsp3) is 0.350. The molecule has 0 radical (unpaired) electrons. The summed E-state index contributed by atoms with van der Waals surface area (Å²) in [7, 11) is -3.68. The molecule has 1 saturated heterocycles. The van der Waals surface area contributed by atoms with Gasteiger partial charge in [-0.15, -0.1) is 10.2 Å². The van der Waals surface area contributed by atoms with Gasteiger partial charge in [-0.3, -0.25) is 0 Å². The molecule has 0 atom stereocenters. The van der Waals surface area contributed by atoms with E-state index in [0.29, 0.717) is 54.6 Å². The number of hydrogen-bond donors (Lipinski definition) is 0. The van der Waals surface area contributed by atoms with Crippen molar-refractivity contribution in [2.45, 2.75) is 18.7 Å². The summed E-state index contributed by atoms with van der Waals surface area (Å²) in [6.45, 7) is 5.88. The molecule has 31 heavy (non-hydrogen) atoms. The van der Waals surface area contributed by atoms with E-state index in [2.05, 4.69) is 31.2 Å². The minimum absolute atomic E-state index is 0.177. The summed E-state index contributed by atoms with van der Waals surface area (Å²) in [5.74, 6) is 1.71. The van der Waals surface area contributed by atoms with Crippen molar-refractivity contribution in [1.82, 2.24) is 24.3 Å². The number of rotatable bonds is 6. The molecule has 3 heterocycles. The first kappa shape index (κ1) is 21.7. The summed E-state index contributed by atoms with van der Waals surface area (Å²) in [5, 5.41) is 12.9. The van der Waals surface area contributed by atoms with Gasteiger partial charge >= 0.3 is 0 Å². The maximum Gasteiger partial charge on any atom is 0.246 e. The highest BCUT2D eigenvalue weighted by Crippen LogP contribution is 2.31. The molecule has 4 rings (SSSR count). The highest BCUT2D eigenvalue weighted by molar-refractivity contribution is 9.10. The zero-order chi connectivity index (χ0) is 22.0. The minimum atomic E-state index is -3.68. The summed E-state index contributed by atoms with van der Waals surface area (Å²) in [4.78, 5) is 2.21. The van der Waals surface area contributed by atoms with Gasteiger partial charge in [0, 0.05) is 36.8 Å². The summed E-state index contributed by atoms with van der Waals surface area (Å²) in [6, 6.07) is 10.7. The molecule has 164 valence electrons. The Hall–Kier alpha value is -2.50. The van der Waals surface area contributed by atoms with Crippen LogP contribution in [0.5, 0.6) is 5.75 Å². The molecule has 0 unspecified atom stereocenters. The lowest BCUT2D eigenvalue weighted by molar-refractivity contribution is 0.327. The lowest BCUT2D eigenvalue weighted by Crippen LogP contribution is -2.49. The lowest BCUT2D eigenvalue weighted by atomic mass is 10.3. The second-order valence-corrected chi connectivity index (χ2v) is 9.89. The molecule has 1 aromatic carbocycles. The van der Waals surface area contributed by atoms with E-state index < -0.39 is 10.0 Å². The second-order valence-electron chi connectivity index (χ2n) is 7.07. The van der Waals surface area contributed by atoms with E-state index in [4.69, 9.17) is 4.74 Å². The molecule has 1 aliphatic heterocycles. The largest absolute Gasteiger partial charge is 0.492 e. The monoisotopic (exact) mass is 506 g/mol. The van der Waals surface area contributed by atoms with E-state index in [9.17, 15) is 8.42 Å². The Kier molecular flexibility index (Phi) is 6.26. The van der Waals surface area contributed by atoms with E-state index >= 15 is 0 Å². The van der Waals surface area contributed by atoms with Gasteiger partial charge in [0.2, 0.25) is 10.0 Å². The predicted octanol–water partition coefficient (Wildman–Crippen LogP) is 2.64. The fourth-order valence-corrected chi connectivity index (χ4v) is 5.50. The first-order valence-electron chi connectivity index (χ1n) is 9.92. The van der Waals surface area contributed by atoms with Gasteiger partial charge in [0.1, 0.15) is 10.6 Å². The fourth-order valence-electron chi connectivity index (χ4n) is 3.41. The van der Waals surface area contributed by atoms with E-state index in [1.54, 1.807) is 22.9 Å². The topological polar surface area (TPSA) is 93.5 Å². The van der Waals surface area contributed by atoms with Crippen molar-refractivity contribution in [3.63, 3.8) is 0 Å². The van der Waals surface area contributed by atoms with Crippen molar-refractivity contribution < 1.29 is 13.2 Å². The molecule has 0 aliphatic carbocycles. The average Bonchev–Trinajstić information content (AvgIpc) is 3.21. The first-order chi connectivity index (χ1) is 14.9. The Morgan fingerprint density at radius 3 is 2.35 bits per heavy atom. The minimum Gasteiger partial charge on any atom is -0.492 e. The van der Waals surface area contributed by atoms with Gasteiger partial charge in [0.15, 0.2) is 11.6 Å². The van der Waals surface area contributed by atoms with Crippen LogP contribution in [-0.2, 0) is 10.0 Å². The van der Waals surface area contributed by atoms with Crippen LogP contribution in [0.15, 0.2) is 52.0 Å². The van der Waals surface area contributed by atoms with Crippen LogP contribution in [0, 0.1) is 6.92 Å². The predicted molar refractivity (Wildman–Crippen MR) is 120 cm³/mol. The van der Waals surface area contributed by atoms with E-state index in [1.807, 2.05) is 43.1 Å². The Balaban J connectivity index is 1.47. The molecule has 1 fully saturated rings. The number of ether oxygens (including phenoxy) is 1. The smallest absolute Gasteiger partial charge is 0.246 e. The third kappa shape index (κ3) is 4.58. The summed E-state index contributed by atoms with van der Waals surface area (Å²) in [5.41, 5.74) is 0.904. The Bertz CT molecular complexity index is 1160. The molecule has 0 saturated carbocycles. The van der Waals surface area contributed by atoms with Gasteiger partial charge < -0.3 is 9.64 Å². The SMILES string of the molecule is CCOc1ccc(Br)cc1S(=O)(=O)N1CCN(c2ccc(-n3ccc(C)n3)nn2)CC1. The van der Waals surface area contributed by atoms with Gasteiger partial charge in [-0.25, -0.2) is 13.1 Å². The van der Waals surface area contributed by atoms with Crippen molar-refractivity contribution in [2.24, 2.45) is 0 Å². The Labute approximate surface area is 189 Å². The van der Waals surface area contributed by atoms with E-state index in [-0.39, 0.29) is 4.90 Å². The van der Waals surface area contributed by atoms with Gasteiger partial charge in [-0.1, -0.05) is 15.9 Å².